The van der Waals surface area contributed by atoms with Crippen LogP contribution in [0.1, 0.15) is 31.5 Å². The third kappa shape index (κ3) is 5.19. The molecule has 0 aliphatic heterocycles. The highest BCUT2D eigenvalue weighted by Gasteiger charge is 2.21. The van der Waals surface area contributed by atoms with Crippen LogP contribution in [0.2, 0.25) is 0 Å². The summed E-state index contributed by atoms with van der Waals surface area (Å²) in [6.45, 7) is 6.11. The first kappa shape index (κ1) is 15.2. The van der Waals surface area contributed by atoms with Crippen LogP contribution in [0.25, 0.3) is 0 Å². The minimum absolute atomic E-state index is 0. The molecule has 2 rings (SSSR count). The molecule has 0 radical (unpaired) electrons. The Bertz CT molecular complexity index is 389. The van der Waals surface area contributed by atoms with Gasteiger partial charge >= 0.3 is 0 Å². The second-order valence-corrected chi connectivity index (χ2v) is 4.25. The molecule has 0 aromatic carbocycles. The van der Waals surface area contributed by atoms with E-state index in [1.54, 1.807) is 6.92 Å². The van der Waals surface area contributed by atoms with Crippen molar-refractivity contribution >= 4 is 29.9 Å². The Hall–Kier alpha value is -0.860. The number of halogens is 1. The van der Waals surface area contributed by atoms with Gasteiger partial charge in [-0.2, -0.15) is 4.98 Å². The molecule has 0 saturated heterocycles. The topological polar surface area (TPSA) is 75.3 Å². The fourth-order valence-electron chi connectivity index (χ4n) is 1.46. The highest BCUT2D eigenvalue weighted by Crippen LogP contribution is 2.27. The Morgan fingerprint density at radius 2 is 2.22 bits per heavy atom. The number of nitrogens with one attached hydrogen (secondary N) is 2. The molecule has 0 amide bonds. The van der Waals surface area contributed by atoms with Crippen LogP contribution in [0.4, 0.5) is 0 Å². The first-order valence-electron chi connectivity index (χ1n) is 6.09. The molecule has 1 saturated carbocycles. The largest absolute Gasteiger partial charge is 0.357 e. The number of guanidine groups is 1. The molecule has 0 atom stereocenters. The number of aryl methyl sites for hydroxylation is 1. The third-order valence-corrected chi connectivity index (χ3v) is 2.55. The molecule has 7 heteroatoms. The lowest BCUT2D eigenvalue weighted by atomic mass is 10.4. The van der Waals surface area contributed by atoms with Gasteiger partial charge in [-0.05, 0) is 25.7 Å². The molecule has 1 aliphatic rings. The van der Waals surface area contributed by atoms with Gasteiger partial charge in [0.25, 0.3) is 0 Å². The Morgan fingerprint density at radius 3 is 2.78 bits per heavy atom. The van der Waals surface area contributed by atoms with Crippen molar-refractivity contribution in [2.45, 2.75) is 33.2 Å². The highest BCUT2D eigenvalue weighted by atomic mass is 127. The van der Waals surface area contributed by atoms with Gasteiger partial charge in [-0.3, -0.25) is 0 Å². The van der Waals surface area contributed by atoms with Crippen LogP contribution in [0, 0.1) is 12.8 Å². The maximum atomic E-state index is 4.89. The summed E-state index contributed by atoms with van der Waals surface area (Å²) in [6, 6.07) is 0. The summed E-state index contributed by atoms with van der Waals surface area (Å²) in [6.07, 6.45) is 2.66. The number of hydrogen-bond donors (Lipinski definition) is 2. The number of hydrogen-bond acceptors (Lipinski definition) is 4. The monoisotopic (exact) mass is 365 g/mol. The van der Waals surface area contributed by atoms with E-state index in [0.717, 1.165) is 25.0 Å². The lowest BCUT2D eigenvalue weighted by Crippen LogP contribution is -2.38. The van der Waals surface area contributed by atoms with E-state index in [2.05, 4.69) is 25.8 Å². The van der Waals surface area contributed by atoms with Gasteiger partial charge in [0, 0.05) is 20.0 Å². The smallest absolute Gasteiger partial charge is 0.223 e. The summed E-state index contributed by atoms with van der Waals surface area (Å²) in [5.74, 6) is 2.84. The summed E-state index contributed by atoms with van der Waals surface area (Å²) in [7, 11) is 0. The lowest BCUT2D eigenvalue weighted by molar-refractivity contribution is 0.387. The number of nitrogens with zero attached hydrogens (tertiary/aromatic N) is 3. The molecule has 0 bridgehead atoms. The molecule has 1 aliphatic carbocycles. The van der Waals surface area contributed by atoms with E-state index in [1.165, 1.54) is 12.8 Å². The second kappa shape index (κ2) is 7.55. The van der Waals surface area contributed by atoms with Gasteiger partial charge in [-0.25, -0.2) is 4.99 Å². The van der Waals surface area contributed by atoms with Gasteiger partial charge in [-0.1, -0.05) is 5.16 Å². The van der Waals surface area contributed by atoms with Crippen LogP contribution in [0.5, 0.6) is 0 Å². The van der Waals surface area contributed by atoms with E-state index in [1.807, 2.05) is 6.92 Å². The van der Waals surface area contributed by atoms with Crippen molar-refractivity contribution in [1.29, 1.82) is 0 Å². The number of rotatable bonds is 5. The van der Waals surface area contributed by atoms with E-state index in [0.29, 0.717) is 18.3 Å². The molecule has 6 nitrogen and oxygen atoms in total. The van der Waals surface area contributed by atoms with Crippen LogP contribution >= 0.6 is 24.0 Å². The van der Waals surface area contributed by atoms with Crippen LogP contribution in [0.3, 0.4) is 0 Å². The van der Waals surface area contributed by atoms with Crippen LogP contribution < -0.4 is 10.6 Å². The van der Waals surface area contributed by atoms with Crippen molar-refractivity contribution < 1.29 is 4.52 Å². The zero-order valence-corrected chi connectivity index (χ0v) is 13.1. The van der Waals surface area contributed by atoms with E-state index in [4.69, 9.17) is 4.52 Å². The Labute approximate surface area is 124 Å². The molecule has 102 valence electrons. The fraction of sp³-hybridized carbons (Fsp3) is 0.727. The van der Waals surface area contributed by atoms with Crippen molar-refractivity contribution in [3.63, 3.8) is 0 Å². The summed E-state index contributed by atoms with van der Waals surface area (Å²) in [5, 5.41) is 10.3. The van der Waals surface area contributed by atoms with E-state index in [9.17, 15) is 0 Å². The maximum absolute atomic E-state index is 4.89. The van der Waals surface area contributed by atoms with Gasteiger partial charge in [0.1, 0.15) is 6.54 Å². The summed E-state index contributed by atoms with van der Waals surface area (Å²) < 4.78 is 4.89. The molecule has 2 N–H and O–H groups in total. The zero-order valence-electron chi connectivity index (χ0n) is 10.8. The number of aliphatic imine (C=N–C) groups is 1. The first-order valence-corrected chi connectivity index (χ1v) is 6.09. The SMILES string of the molecule is CCNC(=NCc1noc(C)n1)NCC1CC1.I. The van der Waals surface area contributed by atoms with Crippen LogP contribution in [-0.2, 0) is 6.54 Å². The molecular formula is C11H20IN5O. The minimum Gasteiger partial charge on any atom is -0.357 e. The Balaban J connectivity index is 0.00000162. The molecule has 1 fully saturated rings. The normalized spacial score (nSPS) is 15.1. The summed E-state index contributed by atoms with van der Waals surface area (Å²) >= 11 is 0. The molecule has 1 heterocycles. The third-order valence-electron chi connectivity index (χ3n) is 2.55. The summed E-state index contributed by atoms with van der Waals surface area (Å²) in [5.41, 5.74) is 0. The molecule has 0 spiro atoms. The van der Waals surface area contributed by atoms with Crippen molar-refractivity contribution in [3.8, 4) is 0 Å². The van der Waals surface area contributed by atoms with Crippen molar-refractivity contribution in [2.24, 2.45) is 10.9 Å². The van der Waals surface area contributed by atoms with E-state index < -0.39 is 0 Å². The molecule has 1 aromatic rings. The van der Waals surface area contributed by atoms with Gasteiger partial charge in [0.05, 0.1) is 0 Å². The summed E-state index contributed by atoms with van der Waals surface area (Å²) in [4.78, 5) is 8.52. The van der Waals surface area contributed by atoms with Gasteiger partial charge in [0.15, 0.2) is 11.8 Å². The van der Waals surface area contributed by atoms with E-state index in [-0.39, 0.29) is 24.0 Å². The van der Waals surface area contributed by atoms with Crippen LogP contribution in [0.15, 0.2) is 9.52 Å². The van der Waals surface area contributed by atoms with Gasteiger partial charge in [-0.15, -0.1) is 24.0 Å². The standard InChI is InChI=1S/C11H19N5O.HI/c1-3-12-11(13-6-9-4-5-9)14-7-10-15-8(2)17-16-10;/h9H,3-7H2,1-2H3,(H2,12,13,14);1H. The van der Waals surface area contributed by atoms with Gasteiger partial charge < -0.3 is 15.2 Å². The molecule has 18 heavy (non-hydrogen) atoms. The average Bonchev–Trinajstić information content (AvgIpc) is 3.05. The zero-order chi connectivity index (χ0) is 12.1. The number of aromatic nitrogens is 2. The lowest BCUT2D eigenvalue weighted by Gasteiger charge is -2.09. The molecule has 0 unspecified atom stereocenters. The predicted octanol–water partition coefficient (Wildman–Crippen LogP) is 1.46. The van der Waals surface area contributed by atoms with Crippen molar-refractivity contribution in [1.82, 2.24) is 20.8 Å². The second-order valence-electron chi connectivity index (χ2n) is 4.25. The van der Waals surface area contributed by atoms with Gasteiger partial charge in [0.2, 0.25) is 5.89 Å². The Kier molecular flexibility index (Phi) is 6.37. The average molecular weight is 365 g/mol. The van der Waals surface area contributed by atoms with E-state index >= 15 is 0 Å². The fourth-order valence-corrected chi connectivity index (χ4v) is 1.46. The van der Waals surface area contributed by atoms with Crippen molar-refractivity contribution in [3.05, 3.63) is 11.7 Å². The first-order chi connectivity index (χ1) is 8.28. The molecular weight excluding hydrogens is 345 g/mol. The quantitative estimate of drug-likeness (QED) is 0.470. The predicted molar refractivity (Wildman–Crippen MR) is 80.0 cm³/mol. The Morgan fingerprint density at radius 1 is 1.44 bits per heavy atom. The minimum atomic E-state index is 0. The van der Waals surface area contributed by atoms with Crippen LogP contribution in [-0.4, -0.2) is 29.2 Å². The molecule has 1 aromatic heterocycles. The maximum Gasteiger partial charge on any atom is 0.223 e. The van der Waals surface area contributed by atoms with Crippen molar-refractivity contribution in [2.75, 3.05) is 13.1 Å². The highest BCUT2D eigenvalue weighted by molar-refractivity contribution is 14.0.